The predicted octanol–water partition coefficient (Wildman–Crippen LogP) is 1.90. The van der Waals surface area contributed by atoms with E-state index < -0.39 is 0 Å². The van der Waals surface area contributed by atoms with E-state index >= 15 is 0 Å². The summed E-state index contributed by atoms with van der Waals surface area (Å²) in [6, 6.07) is 16.6. The van der Waals surface area contributed by atoms with Crippen molar-refractivity contribution in [3.8, 4) is 0 Å². The molecule has 104 valence electrons. The number of nitrogens with zero attached hydrogens (tertiary/aromatic N) is 1. The van der Waals surface area contributed by atoms with E-state index in [4.69, 9.17) is 10.8 Å². The minimum absolute atomic E-state index is 0.0686. The van der Waals surface area contributed by atoms with Gasteiger partial charge in [0.05, 0.1) is 6.61 Å². The average molecular weight is 270 g/mol. The molecule has 0 unspecified atom stereocenters. The lowest BCUT2D eigenvalue weighted by Gasteiger charge is -2.22. The first-order valence-electron chi connectivity index (χ1n) is 6.50. The number of benzene rings is 2. The molecule has 0 bridgehead atoms. The number of carbonyl (C=O) groups is 1. The zero-order valence-electron chi connectivity index (χ0n) is 11.2. The predicted molar refractivity (Wildman–Crippen MR) is 79.1 cm³/mol. The second-order valence-electron chi connectivity index (χ2n) is 4.56. The van der Waals surface area contributed by atoms with Crippen molar-refractivity contribution in [2.45, 2.75) is 6.54 Å². The Morgan fingerprint density at radius 2 is 1.85 bits per heavy atom. The number of anilines is 1. The summed E-state index contributed by atoms with van der Waals surface area (Å²) in [5, 5.41) is 9.15. The number of nitrogen functional groups attached to an aromatic ring is 1. The van der Waals surface area contributed by atoms with Crippen LogP contribution in [0.15, 0.2) is 54.6 Å². The monoisotopic (exact) mass is 270 g/mol. The van der Waals surface area contributed by atoms with Crippen molar-refractivity contribution in [1.29, 1.82) is 0 Å². The third-order valence-corrected chi connectivity index (χ3v) is 3.01. The van der Waals surface area contributed by atoms with Gasteiger partial charge in [0.25, 0.3) is 5.91 Å². The zero-order valence-corrected chi connectivity index (χ0v) is 11.2. The molecular formula is C16H18N2O2. The van der Waals surface area contributed by atoms with E-state index in [1.807, 2.05) is 30.3 Å². The molecule has 0 aliphatic carbocycles. The van der Waals surface area contributed by atoms with Crippen molar-refractivity contribution < 1.29 is 9.90 Å². The zero-order chi connectivity index (χ0) is 14.4. The Hall–Kier alpha value is -2.33. The van der Waals surface area contributed by atoms with E-state index in [1.54, 1.807) is 29.2 Å². The quantitative estimate of drug-likeness (QED) is 0.815. The van der Waals surface area contributed by atoms with Crippen LogP contribution in [0.2, 0.25) is 0 Å². The Kier molecular flexibility index (Phi) is 4.74. The summed E-state index contributed by atoms with van der Waals surface area (Å²) in [6.07, 6.45) is 0. The topological polar surface area (TPSA) is 66.6 Å². The van der Waals surface area contributed by atoms with E-state index in [-0.39, 0.29) is 12.5 Å². The maximum Gasteiger partial charge on any atom is 0.254 e. The van der Waals surface area contributed by atoms with Gasteiger partial charge in [0.2, 0.25) is 0 Å². The van der Waals surface area contributed by atoms with Crippen molar-refractivity contribution in [3.63, 3.8) is 0 Å². The summed E-state index contributed by atoms with van der Waals surface area (Å²) in [7, 11) is 0. The lowest BCUT2D eigenvalue weighted by atomic mass is 10.1. The van der Waals surface area contributed by atoms with Gasteiger partial charge in [-0.25, -0.2) is 0 Å². The molecule has 4 heteroatoms. The molecule has 0 atom stereocenters. The van der Waals surface area contributed by atoms with Gasteiger partial charge in [-0.2, -0.15) is 0 Å². The number of carbonyl (C=O) groups excluding carboxylic acids is 1. The van der Waals surface area contributed by atoms with Crippen LogP contribution >= 0.6 is 0 Å². The van der Waals surface area contributed by atoms with Crippen molar-refractivity contribution in [2.24, 2.45) is 0 Å². The second-order valence-corrected chi connectivity index (χ2v) is 4.56. The van der Waals surface area contributed by atoms with Gasteiger partial charge in [-0.1, -0.05) is 36.4 Å². The molecule has 0 saturated heterocycles. The second kappa shape index (κ2) is 6.73. The molecule has 2 aromatic carbocycles. The number of nitrogens with two attached hydrogens (primary N) is 1. The summed E-state index contributed by atoms with van der Waals surface area (Å²) in [5.74, 6) is -0.129. The number of hydrogen-bond acceptors (Lipinski definition) is 3. The fraction of sp³-hybridized carbons (Fsp3) is 0.188. The maximum absolute atomic E-state index is 12.5. The molecule has 0 saturated carbocycles. The van der Waals surface area contributed by atoms with Crippen molar-refractivity contribution in [2.75, 3.05) is 18.9 Å². The van der Waals surface area contributed by atoms with Gasteiger partial charge in [-0.15, -0.1) is 0 Å². The number of rotatable bonds is 5. The number of amides is 1. The molecule has 0 aromatic heterocycles. The molecular weight excluding hydrogens is 252 g/mol. The molecule has 20 heavy (non-hydrogen) atoms. The largest absolute Gasteiger partial charge is 0.399 e. The van der Waals surface area contributed by atoms with Crippen LogP contribution in [0, 0.1) is 0 Å². The summed E-state index contributed by atoms with van der Waals surface area (Å²) in [6.45, 7) is 0.693. The van der Waals surface area contributed by atoms with Crippen LogP contribution in [0.5, 0.6) is 0 Å². The number of hydrogen-bond donors (Lipinski definition) is 2. The van der Waals surface area contributed by atoms with E-state index in [0.29, 0.717) is 24.3 Å². The van der Waals surface area contributed by atoms with Crippen LogP contribution in [-0.4, -0.2) is 29.1 Å². The van der Waals surface area contributed by atoms with Crippen LogP contribution in [0.4, 0.5) is 5.69 Å². The molecule has 2 rings (SSSR count). The minimum atomic E-state index is -0.129. The Morgan fingerprint density at radius 3 is 2.50 bits per heavy atom. The maximum atomic E-state index is 12.5. The molecule has 1 amide bonds. The van der Waals surface area contributed by atoms with Gasteiger partial charge in [0, 0.05) is 24.3 Å². The van der Waals surface area contributed by atoms with Gasteiger partial charge in [-0.05, 0) is 23.8 Å². The summed E-state index contributed by atoms with van der Waals surface area (Å²) < 4.78 is 0. The molecule has 3 N–H and O–H groups in total. The van der Waals surface area contributed by atoms with Crippen molar-refractivity contribution >= 4 is 11.6 Å². The van der Waals surface area contributed by atoms with Crippen LogP contribution in [0.3, 0.4) is 0 Å². The number of aliphatic hydroxyl groups is 1. The molecule has 4 nitrogen and oxygen atoms in total. The van der Waals surface area contributed by atoms with E-state index in [0.717, 1.165) is 5.56 Å². The lowest BCUT2D eigenvalue weighted by molar-refractivity contribution is 0.0708. The van der Waals surface area contributed by atoms with E-state index in [9.17, 15) is 4.79 Å². The highest BCUT2D eigenvalue weighted by molar-refractivity contribution is 5.95. The fourth-order valence-electron chi connectivity index (χ4n) is 2.03. The van der Waals surface area contributed by atoms with Crippen molar-refractivity contribution in [3.05, 3.63) is 65.7 Å². The van der Waals surface area contributed by atoms with Gasteiger partial charge in [0.1, 0.15) is 0 Å². The van der Waals surface area contributed by atoms with Gasteiger partial charge >= 0.3 is 0 Å². The van der Waals surface area contributed by atoms with Gasteiger partial charge in [-0.3, -0.25) is 4.79 Å². The Morgan fingerprint density at radius 1 is 1.10 bits per heavy atom. The van der Waals surface area contributed by atoms with Crippen molar-refractivity contribution in [1.82, 2.24) is 4.90 Å². The molecule has 0 radical (unpaired) electrons. The van der Waals surface area contributed by atoms with Crippen LogP contribution in [0.25, 0.3) is 0 Å². The first kappa shape index (κ1) is 14.1. The standard InChI is InChI=1S/C16H18N2O2/c17-15-8-4-7-14(11-15)16(20)18(9-10-19)12-13-5-2-1-3-6-13/h1-8,11,19H,9-10,12,17H2. The Balaban J connectivity index is 2.18. The molecule has 2 aromatic rings. The summed E-state index contributed by atoms with van der Waals surface area (Å²) in [4.78, 5) is 14.1. The molecule has 0 aliphatic heterocycles. The summed E-state index contributed by atoms with van der Waals surface area (Å²) in [5.41, 5.74) is 7.82. The first-order chi connectivity index (χ1) is 9.70. The number of aliphatic hydroxyl groups excluding tert-OH is 1. The lowest BCUT2D eigenvalue weighted by Crippen LogP contribution is -2.33. The molecule has 0 fully saturated rings. The van der Waals surface area contributed by atoms with Gasteiger partial charge in [0.15, 0.2) is 0 Å². The molecule has 0 spiro atoms. The van der Waals surface area contributed by atoms with Gasteiger partial charge < -0.3 is 15.7 Å². The highest BCUT2D eigenvalue weighted by atomic mass is 16.3. The fourth-order valence-corrected chi connectivity index (χ4v) is 2.03. The average Bonchev–Trinajstić information content (AvgIpc) is 2.47. The Bertz CT molecular complexity index is 570. The van der Waals surface area contributed by atoms with Crippen LogP contribution in [0.1, 0.15) is 15.9 Å². The van der Waals surface area contributed by atoms with E-state index in [1.165, 1.54) is 0 Å². The summed E-state index contributed by atoms with van der Waals surface area (Å²) >= 11 is 0. The molecule has 0 aliphatic rings. The Labute approximate surface area is 118 Å². The third-order valence-electron chi connectivity index (χ3n) is 3.01. The first-order valence-corrected chi connectivity index (χ1v) is 6.50. The SMILES string of the molecule is Nc1cccc(C(=O)N(CCO)Cc2ccccc2)c1. The highest BCUT2D eigenvalue weighted by Crippen LogP contribution is 2.12. The highest BCUT2D eigenvalue weighted by Gasteiger charge is 2.15. The third kappa shape index (κ3) is 3.59. The van der Waals surface area contributed by atoms with E-state index in [2.05, 4.69) is 0 Å². The smallest absolute Gasteiger partial charge is 0.254 e. The minimum Gasteiger partial charge on any atom is -0.399 e. The molecule has 0 heterocycles. The van der Waals surface area contributed by atoms with Crippen LogP contribution in [-0.2, 0) is 6.54 Å². The van der Waals surface area contributed by atoms with Crippen LogP contribution < -0.4 is 5.73 Å². The normalized spacial score (nSPS) is 10.2.